The van der Waals surface area contributed by atoms with Gasteiger partial charge in [-0.05, 0) is 61.6 Å². The lowest BCUT2D eigenvalue weighted by molar-refractivity contribution is -0.123. The first kappa shape index (κ1) is 26.7. The smallest absolute Gasteiger partial charge is 0.241 e. The van der Waals surface area contributed by atoms with Crippen LogP contribution in [0, 0.1) is 5.92 Å². The fourth-order valence-corrected chi connectivity index (χ4v) is 5.69. The normalized spacial score (nSPS) is 14.0. The summed E-state index contributed by atoms with van der Waals surface area (Å²) in [5, 5.41) is 2.89. The molecule has 0 saturated carbocycles. The molecule has 0 fully saturated rings. The van der Waals surface area contributed by atoms with Crippen LogP contribution in [0.4, 0.5) is 11.4 Å². The third-order valence-electron chi connectivity index (χ3n) is 6.28. The van der Waals surface area contributed by atoms with Gasteiger partial charge in [0.1, 0.15) is 6.04 Å². The van der Waals surface area contributed by atoms with Crippen molar-refractivity contribution in [2.24, 2.45) is 5.92 Å². The van der Waals surface area contributed by atoms with E-state index < -0.39 is 16.1 Å². The molecule has 190 valence electrons. The molecule has 35 heavy (non-hydrogen) atoms. The van der Waals surface area contributed by atoms with E-state index in [-0.39, 0.29) is 22.6 Å². The quantitative estimate of drug-likeness (QED) is 0.462. The Bertz CT molecular complexity index is 1140. The van der Waals surface area contributed by atoms with Crippen LogP contribution in [-0.2, 0) is 26.0 Å². The standard InChI is InChI=1S/C26H36N4O4S/c1-5-29(22-10-7-6-8-11-22)16-9-15-27-26(32)25(19(2)3)28-35(33,34)23-12-13-24-21(18-23)14-17-30(24)20(4)31/h6-8,10-13,18-19,25,28H,5,9,14-17H2,1-4H3,(H,27,32). The minimum absolute atomic E-state index is 0.0696. The molecule has 2 aromatic carbocycles. The molecule has 0 aliphatic carbocycles. The van der Waals surface area contributed by atoms with Crippen LogP contribution in [-0.4, -0.2) is 52.5 Å². The topological polar surface area (TPSA) is 98.8 Å². The Hall–Kier alpha value is -2.91. The van der Waals surface area contributed by atoms with Crippen LogP contribution >= 0.6 is 0 Å². The van der Waals surface area contributed by atoms with Gasteiger partial charge >= 0.3 is 0 Å². The first-order chi connectivity index (χ1) is 16.6. The van der Waals surface area contributed by atoms with Gasteiger partial charge in [-0.15, -0.1) is 0 Å². The van der Waals surface area contributed by atoms with Gasteiger partial charge in [-0.1, -0.05) is 32.0 Å². The fourth-order valence-electron chi connectivity index (χ4n) is 4.30. The maximum atomic E-state index is 13.1. The Morgan fingerprint density at radius 2 is 1.83 bits per heavy atom. The molecule has 1 aliphatic rings. The van der Waals surface area contributed by atoms with Crippen molar-refractivity contribution in [2.75, 3.05) is 36.0 Å². The molecule has 8 nitrogen and oxygen atoms in total. The number of anilines is 2. The van der Waals surface area contributed by atoms with Gasteiger partial charge in [-0.3, -0.25) is 9.59 Å². The first-order valence-corrected chi connectivity index (χ1v) is 13.6. The number of para-hydroxylation sites is 1. The van der Waals surface area contributed by atoms with E-state index in [9.17, 15) is 18.0 Å². The van der Waals surface area contributed by atoms with Crippen molar-refractivity contribution in [1.29, 1.82) is 0 Å². The van der Waals surface area contributed by atoms with E-state index in [1.807, 2.05) is 32.0 Å². The summed E-state index contributed by atoms with van der Waals surface area (Å²) in [6.07, 6.45) is 1.34. The lowest BCUT2D eigenvalue weighted by Gasteiger charge is -2.24. The zero-order valence-electron chi connectivity index (χ0n) is 21.0. The van der Waals surface area contributed by atoms with Gasteiger partial charge in [0, 0.05) is 44.5 Å². The maximum Gasteiger partial charge on any atom is 0.241 e. The molecule has 2 aromatic rings. The Kier molecular flexibility index (Phi) is 8.91. The second kappa shape index (κ2) is 11.7. The molecule has 1 aliphatic heterocycles. The summed E-state index contributed by atoms with van der Waals surface area (Å²) in [4.78, 5) is 28.6. The molecule has 2 N–H and O–H groups in total. The van der Waals surface area contributed by atoms with Gasteiger partial charge in [0.15, 0.2) is 0 Å². The molecule has 2 amide bonds. The second-order valence-corrected chi connectivity index (χ2v) is 10.8. The zero-order valence-corrected chi connectivity index (χ0v) is 21.8. The highest BCUT2D eigenvalue weighted by molar-refractivity contribution is 7.89. The van der Waals surface area contributed by atoms with Gasteiger partial charge in [0.05, 0.1) is 4.90 Å². The van der Waals surface area contributed by atoms with Gasteiger partial charge in [-0.25, -0.2) is 8.42 Å². The third kappa shape index (κ3) is 6.61. The molecule has 1 atom stereocenters. The molecule has 0 bridgehead atoms. The number of sulfonamides is 1. The van der Waals surface area contributed by atoms with Gasteiger partial charge in [-0.2, -0.15) is 4.72 Å². The summed E-state index contributed by atoms with van der Waals surface area (Å²) < 4.78 is 28.8. The number of fused-ring (bicyclic) bond motifs is 1. The number of nitrogens with one attached hydrogen (secondary N) is 2. The van der Waals surface area contributed by atoms with E-state index in [1.54, 1.807) is 17.0 Å². The van der Waals surface area contributed by atoms with E-state index in [4.69, 9.17) is 0 Å². The number of benzene rings is 2. The minimum atomic E-state index is -3.92. The highest BCUT2D eigenvalue weighted by Crippen LogP contribution is 2.30. The molecular weight excluding hydrogens is 464 g/mol. The van der Waals surface area contributed by atoms with Crippen molar-refractivity contribution >= 4 is 33.2 Å². The lowest BCUT2D eigenvalue weighted by atomic mass is 10.1. The molecule has 0 aromatic heterocycles. The maximum absolute atomic E-state index is 13.1. The number of hydrogen-bond donors (Lipinski definition) is 2. The van der Waals surface area contributed by atoms with Crippen molar-refractivity contribution in [2.45, 2.75) is 51.5 Å². The number of amides is 2. The lowest BCUT2D eigenvalue weighted by Crippen LogP contribution is -2.50. The van der Waals surface area contributed by atoms with Gasteiger partial charge < -0.3 is 15.1 Å². The minimum Gasteiger partial charge on any atom is -0.372 e. The molecule has 9 heteroatoms. The van der Waals surface area contributed by atoms with Crippen molar-refractivity contribution in [3.63, 3.8) is 0 Å². The monoisotopic (exact) mass is 500 g/mol. The van der Waals surface area contributed by atoms with Crippen molar-refractivity contribution < 1.29 is 18.0 Å². The summed E-state index contributed by atoms with van der Waals surface area (Å²) in [5.74, 6) is -0.640. The summed E-state index contributed by atoms with van der Waals surface area (Å²) in [7, 11) is -3.92. The molecule has 3 rings (SSSR count). The highest BCUT2D eigenvalue weighted by Gasteiger charge is 2.30. The Balaban J connectivity index is 1.60. The van der Waals surface area contributed by atoms with Gasteiger partial charge in [0.25, 0.3) is 0 Å². The Morgan fingerprint density at radius 3 is 2.46 bits per heavy atom. The summed E-state index contributed by atoms with van der Waals surface area (Å²) in [5.41, 5.74) is 2.69. The van der Waals surface area contributed by atoms with Crippen LogP contribution in [0.3, 0.4) is 0 Å². The van der Waals surface area contributed by atoms with Crippen LogP contribution in [0.1, 0.15) is 39.7 Å². The van der Waals surface area contributed by atoms with E-state index in [2.05, 4.69) is 34.0 Å². The summed E-state index contributed by atoms with van der Waals surface area (Å²) in [6, 6.07) is 13.9. The van der Waals surface area contributed by atoms with Crippen LogP contribution in [0.15, 0.2) is 53.4 Å². The SMILES string of the molecule is CCN(CCCNC(=O)C(NS(=O)(=O)c1ccc2c(c1)CCN2C(C)=O)C(C)C)c1ccccc1. The van der Waals surface area contributed by atoms with Crippen LogP contribution < -0.4 is 19.8 Å². The average molecular weight is 501 g/mol. The molecular formula is C26H36N4O4S. The van der Waals surface area contributed by atoms with Crippen molar-refractivity contribution in [3.8, 4) is 0 Å². The average Bonchev–Trinajstić information content (AvgIpc) is 3.26. The van der Waals surface area contributed by atoms with Crippen LogP contribution in [0.5, 0.6) is 0 Å². The molecule has 1 unspecified atom stereocenters. The fraction of sp³-hybridized carbons (Fsp3) is 0.462. The second-order valence-electron chi connectivity index (χ2n) is 9.11. The summed E-state index contributed by atoms with van der Waals surface area (Å²) >= 11 is 0. The zero-order chi connectivity index (χ0) is 25.6. The molecule has 1 heterocycles. The van der Waals surface area contributed by atoms with Crippen molar-refractivity contribution in [3.05, 3.63) is 54.1 Å². The van der Waals surface area contributed by atoms with Gasteiger partial charge in [0.2, 0.25) is 21.8 Å². The number of hydrogen-bond acceptors (Lipinski definition) is 5. The number of rotatable bonds is 11. The predicted molar refractivity (Wildman–Crippen MR) is 139 cm³/mol. The van der Waals surface area contributed by atoms with Crippen LogP contribution in [0.25, 0.3) is 0 Å². The first-order valence-electron chi connectivity index (χ1n) is 12.1. The molecule has 0 saturated heterocycles. The number of nitrogens with zero attached hydrogens (tertiary/aromatic N) is 2. The van der Waals surface area contributed by atoms with E-state index in [0.717, 1.165) is 36.4 Å². The molecule has 0 spiro atoms. The van der Waals surface area contributed by atoms with E-state index >= 15 is 0 Å². The van der Waals surface area contributed by atoms with Crippen LogP contribution in [0.2, 0.25) is 0 Å². The Labute approximate surface area is 208 Å². The number of carbonyl (C=O) groups is 2. The molecule has 0 radical (unpaired) electrons. The summed E-state index contributed by atoms with van der Waals surface area (Å²) in [6.45, 7) is 9.84. The largest absolute Gasteiger partial charge is 0.372 e. The highest BCUT2D eigenvalue weighted by atomic mass is 32.2. The predicted octanol–water partition coefficient (Wildman–Crippen LogP) is 2.93. The van der Waals surface area contributed by atoms with E-state index in [1.165, 1.54) is 13.0 Å². The van der Waals surface area contributed by atoms with E-state index in [0.29, 0.717) is 19.5 Å². The van der Waals surface area contributed by atoms with Crippen molar-refractivity contribution in [1.82, 2.24) is 10.0 Å². The number of carbonyl (C=O) groups excluding carboxylic acids is 2. The third-order valence-corrected chi connectivity index (χ3v) is 7.71. The Morgan fingerprint density at radius 1 is 1.11 bits per heavy atom.